The lowest BCUT2D eigenvalue weighted by atomic mass is 9.96. The molecule has 2 rings (SSSR count). The van der Waals surface area contributed by atoms with Gasteiger partial charge in [-0.1, -0.05) is 24.0 Å². The van der Waals surface area contributed by atoms with E-state index in [0.717, 1.165) is 0 Å². The number of carboxylic acids is 2. The van der Waals surface area contributed by atoms with Crippen LogP contribution in [0, 0.1) is 24.7 Å². The number of carbonyl (C=O) groups is 2. The van der Waals surface area contributed by atoms with Crippen molar-refractivity contribution in [2.24, 2.45) is 0 Å². The number of carboxylic acid groups (broad SMARTS) is 2. The van der Waals surface area contributed by atoms with Crippen LogP contribution in [-0.4, -0.2) is 22.2 Å². The lowest BCUT2D eigenvalue weighted by Crippen LogP contribution is -2.01. The van der Waals surface area contributed by atoms with E-state index >= 15 is 0 Å². The highest BCUT2D eigenvalue weighted by atomic mass is 16.4. The predicted molar refractivity (Wildman–Crippen MR) is 81.7 cm³/mol. The normalized spacial score (nSPS) is 9.55. The standard InChI is InChI=1S/C18H10O4/c1-3-11-9-13(5-7-15(11)17(19)20)14-6-8-16(18(21)22)12(4-2)10-14/h1-2,5-10H,(H,19,20)(H,21,22). The minimum atomic E-state index is -1.11. The van der Waals surface area contributed by atoms with Crippen molar-refractivity contribution in [2.75, 3.05) is 0 Å². The Morgan fingerprint density at radius 1 is 0.773 bits per heavy atom. The molecule has 2 N–H and O–H groups in total. The molecule has 0 aliphatic rings. The van der Waals surface area contributed by atoms with Gasteiger partial charge in [-0.05, 0) is 35.4 Å². The Hall–Kier alpha value is -3.50. The van der Waals surface area contributed by atoms with Gasteiger partial charge in [0.2, 0.25) is 0 Å². The van der Waals surface area contributed by atoms with E-state index in [0.29, 0.717) is 11.1 Å². The highest BCUT2D eigenvalue weighted by molar-refractivity contribution is 5.93. The van der Waals surface area contributed by atoms with Gasteiger partial charge in [0.1, 0.15) is 0 Å². The van der Waals surface area contributed by atoms with Gasteiger partial charge in [-0.2, -0.15) is 0 Å². The van der Waals surface area contributed by atoms with Crippen molar-refractivity contribution in [2.45, 2.75) is 0 Å². The number of aromatic carboxylic acids is 2. The molecule has 0 atom stereocenters. The largest absolute Gasteiger partial charge is 0.478 e. The lowest BCUT2D eigenvalue weighted by molar-refractivity contribution is 0.0685. The van der Waals surface area contributed by atoms with Crippen LogP contribution in [0.25, 0.3) is 11.1 Å². The monoisotopic (exact) mass is 290 g/mol. The molecule has 0 saturated carbocycles. The molecule has 0 heterocycles. The molecule has 0 radical (unpaired) electrons. The lowest BCUT2D eigenvalue weighted by Gasteiger charge is -2.07. The summed E-state index contributed by atoms with van der Waals surface area (Å²) in [7, 11) is 0. The summed E-state index contributed by atoms with van der Waals surface area (Å²) >= 11 is 0. The van der Waals surface area contributed by atoms with Crippen LogP contribution in [0.4, 0.5) is 0 Å². The van der Waals surface area contributed by atoms with Crippen LogP contribution < -0.4 is 0 Å². The first kappa shape index (κ1) is 14.9. The summed E-state index contributed by atoms with van der Waals surface area (Å²) in [6, 6.07) is 9.13. The highest BCUT2D eigenvalue weighted by Crippen LogP contribution is 2.25. The van der Waals surface area contributed by atoms with E-state index < -0.39 is 11.9 Å². The van der Waals surface area contributed by atoms with Gasteiger partial charge in [0, 0.05) is 11.1 Å². The van der Waals surface area contributed by atoms with Gasteiger partial charge in [-0.15, -0.1) is 12.8 Å². The van der Waals surface area contributed by atoms with Crippen molar-refractivity contribution in [1.82, 2.24) is 0 Å². The maximum Gasteiger partial charge on any atom is 0.336 e. The van der Waals surface area contributed by atoms with Crippen molar-refractivity contribution in [3.63, 3.8) is 0 Å². The minimum Gasteiger partial charge on any atom is -0.478 e. The summed E-state index contributed by atoms with van der Waals surface area (Å²) in [6.45, 7) is 0. The zero-order valence-electron chi connectivity index (χ0n) is 11.3. The van der Waals surface area contributed by atoms with Crippen molar-refractivity contribution in [1.29, 1.82) is 0 Å². The molecule has 4 heteroatoms. The summed E-state index contributed by atoms with van der Waals surface area (Å²) in [5.74, 6) is 2.45. The predicted octanol–water partition coefficient (Wildman–Crippen LogP) is 2.71. The maximum atomic E-state index is 11.1. The molecule has 2 aromatic carbocycles. The van der Waals surface area contributed by atoms with Crippen molar-refractivity contribution in [3.05, 3.63) is 58.7 Å². The number of benzene rings is 2. The van der Waals surface area contributed by atoms with Gasteiger partial charge in [0.25, 0.3) is 0 Å². The first-order valence-electron chi connectivity index (χ1n) is 6.16. The van der Waals surface area contributed by atoms with Gasteiger partial charge in [-0.25, -0.2) is 9.59 Å². The third kappa shape index (κ3) is 2.67. The Balaban J connectivity index is 2.59. The fourth-order valence-electron chi connectivity index (χ4n) is 2.06. The van der Waals surface area contributed by atoms with Gasteiger partial charge >= 0.3 is 11.9 Å². The Bertz CT molecular complexity index is 790. The average molecular weight is 290 g/mol. The molecule has 0 bridgehead atoms. The van der Waals surface area contributed by atoms with Gasteiger partial charge in [-0.3, -0.25) is 0 Å². The number of hydrogen-bond donors (Lipinski definition) is 2. The quantitative estimate of drug-likeness (QED) is 0.852. The molecule has 0 amide bonds. The first-order valence-corrected chi connectivity index (χ1v) is 6.16. The molecule has 106 valence electrons. The molecule has 0 saturated heterocycles. The molecule has 0 unspecified atom stereocenters. The second-order valence-electron chi connectivity index (χ2n) is 4.42. The van der Waals surface area contributed by atoms with Crippen LogP contribution in [0.2, 0.25) is 0 Å². The molecule has 22 heavy (non-hydrogen) atoms. The fourth-order valence-corrected chi connectivity index (χ4v) is 2.06. The summed E-state index contributed by atoms with van der Waals surface area (Å²) in [6.07, 6.45) is 10.7. The topological polar surface area (TPSA) is 74.6 Å². The molecular formula is C18H10O4. The summed E-state index contributed by atoms with van der Waals surface area (Å²) < 4.78 is 0. The molecular weight excluding hydrogens is 280 g/mol. The van der Waals surface area contributed by atoms with Gasteiger partial charge in [0.05, 0.1) is 11.1 Å². The zero-order chi connectivity index (χ0) is 16.3. The number of rotatable bonds is 3. The SMILES string of the molecule is C#Cc1cc(-c2ccc(C(=O)O)c(C#C)c2)ccc1C(=O)O. The highest BCUT2D eigenvalue weighted by Gasteiger charge is 2.12. The second-order valence-corrected chi connectivity index (χ2v) is 4.42. The van der Waals surface area contributed by atoms with Crippen molar-refractivity contribution >= 4 is 11.9 Å². The van der Waals surface area contributed by atoms with E-state index in [1.807, 2.05) is 0 Å². The number of terminal acetylenes is 2. The van der Waals surface area contributed by atoms with Gasteiger partial charge < -0.3 is 10.2 Å². The van der Waals surface area contributed by atoms with Crippen LogP contribution >= 0.6 is 0 Å². The fraction of sp³-hybridized carbons (Fsp3) is 0. The molecule has 0 fully saturated rings. The van der Waals surface area contributed by atoms with E-state index in [1.165, 1.54) is 12.1 Å². The Kier molecular flexibility index (Phi) is 3.97. The maximum absolute atomic E-state index is 11.1. The zero-order valence-corrected chi connectivity index (χ0v) is 11.3. The van der Waals surface area contributed by atoms with Crippen LogP contribution in [0.3, 0.4) is 0 Å². The smallest absolute Gasteiger partial charge is 0.336 e. The average Bonchev–Trinajstić information content (AvgIpc) is 2.53. The molecule has 2 aromatic rings. The Labute approximate surface area is 127 Å². The van der Waals surface area contributed by atoms with Crippen LogP contribution in [0.15, 0.2) is 36.4 Å². The Morgan fingerprint density at radius 2 is 1.14 bits per heavy atom. The van der Waals surface area contributed by atoms with E-state index in [-0.39, 0.29) is 22.3 Å². The third-order valence-corrected chi connectivity index (χ3v) is 3.14. The van der Waals surface area contributed by atoms with E-state index in [4.69, 9.17) is 23.1 Å². The first-order chi connectivity index (χ1) is 10.5. The van der Waals surface area contributed by atoms with Crippen molar-refractivity contribution in [3.8, 4) is 35.8 Å². The summed E-state index contributed by atoms with van der Waals surface area (Å²) in [4.78, 5) is 22.1. The Morgan fingerprint density at radius 3 is 1.41 bits per heavy atom. The van der Waals surface area contributed by atoms with Crippen LogP contribution in [0.5, 0.6) is 0 Å². The van der Waals surface area contributed by atoms with Gasteiger partial charge in [0.15, 0.2) is 0 Å². The molecule has 4 nitrogen and oxygen atoms in total. The third-order valence-electron chi connectivity index (χ3n) is 3.14. The van der Waals surface area contributed by atoms with E-state index in [1.54, 1.807) is 24.3 Å². The summed E-state index contributed by atoms with van der Waals surface area (Å²) in [5, 5.41) is 18.1. The molecule has 0 aliphatic carbocycles. The molecule has 0 aromatic heterocycles. The second kappa shape index (κ2) is 5.87. The van der Waals surface area contributed by atoms with Crippen LogP contribution in [-0.2, 0) is 0 Å². The minimum absolute atomic E-state index is 0.0329. The summed E-state index contributed by atoms with van der Waals surface area (Å²) in [5.41, 5.74) is 1.87. The van der Waals surface area contributed by atoms with Crippen molar-refractivity contribution < 1.29 is 19.8 Å². The molecule has 0 spiro atoms. The molecule has 0 aliphatic heterocycles. The number of hydrogen-bond acceptors (Lipinski definition) is 2. The van der Waals surface area contributed by atoms with E-state index in [9.17, 15) is 9.59 Å². The van der Waals surface area contributed by atoms with Crippen LogP contribution in [0.1, 0.15) is 31.8 Å². The van der Waals surface area contributed by atoms with E-state index in [2.05, 4.69) is 11.8 Å².